The lowest BCUT2D eigenvalue weighted by Gasteiger charge is -2.13. The summed E-state index contributed by atoms with van der Waals surface area (Å²) in [6, 6.07) is 78.0. The smallest absolute Gasteiger partial charge is 0.135 e. The number of fused-ring (bicyclic) bond motifs is 8. The maximum absolute atomic E-state index is 6.52. The molecule has 0 spiro atoms. The predicted molar refractivity (Wildman–Crippen MR) is 260 cm³/mol. The van der Waals surface area contributed by atoms with Gasteiger partial charge in [0.2, 0.25) is 0 Å². The second-order valence-electron chi connectivity index (χ2n) is 16.4. The summed E-state index contributed by atoms with van der Waals surface area (Å²) in [5.41, 5.74) is 15.3. The predicted octanol–water partition coefficient (Wildman–Crippen LogP) is 17.1. The van der Waals surface area contributed by atoms with Crippen LogP contribution in [-0.2, 0) is 6.42 Å². The zero-order valence-electron chi connectivity index (χ0n) is 33.8. The van der Waals surface area contributed by atoms with Crippen molar-refractivity contribution in [2.75, 3.05) is 0 Å². The summed E-state index contributed by atoms with van der Waals surface area (Å²) in [7, 11) is 0. The molecule has 1 aromatic heterocycles. The first-order chi connectivity index (χ1) is 30.1. The highest BCUT2D eigenvalue weighted by Gasteiger charge is 2.15. The fourth-order valence-corrected chi connectivity index (χ4v) is 9.58. The number of hydrogen-bond acceptors (Lipinski definition) is 1. The second kappa shape index (κ2) is 14.2. The molecule has 61 heavy (non-hydrogen) atoms. The third-order valence-electron chi connectivity index (χ3n) is 12.8. The molecule has 0 aliphatic rings. The van der Waals surface area contributed by atoms with Gasteiger partial charge in [0.05, 0.1) is 0 Å². The molecule has 0 amide bonds. The van der Waals surface area contributed by atoms with Crippen LogP contribution in [-0.4, -0.2) is 0 Å². The van der Waals surface area contributed by atoms with Gasteiger partial charge in [-0.1, -0.05) is 165 Å². The van der Waals surface area contributed by atoms with E-state index < -0.39 is 0 Å². The topological polar surface area (TPSA) is 13.1 Å². The first kappa shape index (κ1) is 35.2. The lowest BCUT2D eigenvalue weighted by atomic mass is 9.91. The van der Waals surface area contributed by atoms with E-state index in [0.29, 0.717) is 0 Å². The second-order valence-corrected chi connectivity index (χ2v) is 16.4. The van der Waals surface area contributed by atoms with Crippen molar-refractivity contribution in [3.05, 3.63) is 218 Å². The summed E-state index contributed by atoms with van der Waals surface area (Å²) in [6.07, 6.45) is 0.909. The lowest BCUT2D eigenvalue weighted by molar-refractivity contribution is 0.668. The Kier molecular flexibility index (Phi) is 8.21. The van der Waals surface area contributed by atoms with Gasteiger partial charge in [0.15, 0.2) is 0 Å². The van der Waals surface area contributed by atoms with Gasteiger partial charge in [0, 0.05) is 10.8 Å². The summed E-state index contributed by atoms with van der Waals surface area (Å²) < 4.78 is 6.52. The zero-order chi connectivity index (χ0) is 40.4. The quantitative estimate of drug-likeness (QED) is 0.153. The van der Waals surface area contributed by atoms with Crippen molar-refractivity contribution in [1.82, 2.24) is 0 Å². The summed E-state index contributed by atoms with van der Waals surface area (Å²) >= 11 is 0. The zero-order valence-corrected chi connectivity index (χ0v) is 33.8. The summed E-state index contributed by atoms with van der Waals surface area (Å²) in [5.74, 6) is 0. The minimum Gasteiger partial charge on any atom is -0.456 e. The van der Waals surface area contributed by atoms with Crippen molar-refractivity contribution in [2.45, 2.75) is 13.3 Å². The van der Waals surface area contributed by atoms with E-state index in [4.69, 9.17) is 4.42 Å². The third kappa shape index (κ3) is 6.09. The molecule has 1 nitrogen and oxygen atoms in total. The van der Waals surface area contributed by atoms with E-state index >= 15 is 0 Å². The molecule has 0 bridgehead atoms. The number of furan rings is 1. The van der Waals surface area contributed by atoms with Crippen molar-refractivity contribution < 1.29 is 4.42 Å². The number of hydrogen-bond donors (Lipinski definition) is 0. The molecular weight excluding hydrogens is 737 g/mol. The Hall–Kier alpha value is -7.74. The van der Waals surface area contributed by atoms with Crippen LogP contribution >= 0.6 is 0 Å². The van der Waals surface area contributed by atoms with Crippen LogP contribution in [0, 0.1) is 0 Å². The maximum atomic E-state index is 6.52. The molecule has 0 unspecified atom stereocenters. The largest absolute Gasteiger partial charge is 0.456 e. The average Bonchev–Trinajstić information content (AvgIpc) is 3.69. The highest BCUT2D eigenvalue weighted by molar-refractivity contribution is 6.14. The van der Waals surface area contributed by atoms with Crippen LogP contribution < -0.4 is 0 Å². The van der Waals surface area contributed by atoms with Crippen LogP contribution in [0.15, 0.2) is 217 Å². The average molecular weight is 777 g/mol. The minimum atomic E-state index is 0.909. The van der Waals surface area contributed by atoms with E-state index in [0.717, 1.165) is 28.4 Å². The molecular formula is C60H40O. The Bertz CT molecular complexity index is 3680. The van der Waals surface area contributed by atoms with Crippen LogP contribution in [0.3, 0.4) is 0 Å². The highest BCUT2D eigenvalue weighted by atomic mass is 16.3. The van der Waals surface area contributed by atoms with Crippen LogP contribution in [0.2, 0.25) is 0 Å². The first-order valence-corrected chi connectivity index (χ1v) is 21.3. The van der Waals surface area contributed by atoms with Crippen molar-refractivity contribution >= 4 is 65.0 Å². The van der Waals surface area contributed by atoms with Crippen molar-refractivity contribution in [1.29, 1.82) is 0 Å². The SMILES string of the molecule is CCc1cc2oc3ccc(-c4ccc5cc(-c6ccc7ccccc7c6)ccc5c4)cc3c2cc1-c1cccc(-c2ccc(-c3cc4ccccc4c4ccccc34)cc2)c1. The Morgan fingerprint density at radius 2 is 0.803 bits per heavy atom. The van der Waals surface area contributed by atoms with Crippen molar-refractivity contribution in [2.24, 2.45) is 0 Å². The van der Waals surface area contributed by atoms with E-state index in [1.165, 1.54) is 104 Å². The normalized spacial score (nSPS) is 11.8. The molecule has 12 aromatic rings. The molecule has 0 saturated heterocycles. The molecule has 0 aliphatic heterocycles. The molecule has 0 fully saturated rings. The molecule has 1 heteroatoms. The van der Waals surface area contributed by atoms with Gasteiger partial charge in [-0.05, 0) is 165 Å². The van der Waals surface area contributed by atoms with E-state index in [1.807, 2.05) is 0 Å². The molecule has 12 rings (SSSR count). The molecule has 0 saturated carbocycles. The van der Waals surface area contributed by atoms with E-state index in [9.17, 15) is 0 Å². The molecule has 1 heterocycles. The van der Waals surface area contributed by atoms with Crippen LogP contribution in [0.1, 0.15) is 12.5 Å². The minimum absolute atomic E-state index is 0.909. The van der Waals surface area contributed by atoms with E-state index in [-0.39, 0.29) is 0 Å². The Morgan fingerprint density at radius 1 is 0.279 bits per heavy atom. The Labute approximate surface area is 354 Å². The molecule has 286 valence electrons. The van der Waals surface area contributed by atoms with E-state index in [2.05, 4.69) is 219 Å². The number of aryl methyl sites for hydroxylation is 1. The van der Waals surface area contributed by atoms with E-state index in [1.54, 1.807) is 0 Å². The van der Waals surface area contributed by atoms with Crippen molar-refractivity contribution in [3.8, 4) is 55.6 Å². The van der Waals surface area contributed by atoms with Gasteiger partial charge in [-0.15, -0.1) is 0 Å². The molecule has 0 aliphatic carbocycles. The lowest BCUT2D eigenvalue weighted by Crippen LogP contribution is -1.89. The summed E-state index contributed by atoms with van der Waals surface area (Å²) in [6.45, 7) is 2.23. The summed E-state index contributed by atoms with van der Waals surface area (Å²) in [4.78, 5) is 0. The third-order valence-corrected chi connectivity index (χ3v) is 12.8. The van der Waals surface area contributed by atoms with Gasteiger partial charge >= 0.3 is 0 Å². The summed E-state index contributed by atoms with van der Waals surface area (Å²) in [5, 5.41) is 12.4. The molecule has 0 radical (unpaired) electrons. The monoisotopic (exact) mass is 776 g/mol. The van der Waals surface area contributed by atoms with Crippen LogP contribution in [0.4, 0.5) is 0 Å². The molecule has 0 atom stereocenters. The van der Waals surface area contributed by atoms with Gasteiger partial charge in [0.1, 0.15) is 11.2 Å². The Balaban J connectivity index is 0.878. The standard InChI is InChI=1S/C60H40O/c1-2-38-36-60-58(57-34-49(28-29-59(57)61-60)48-27-26-46-31-45(24-25-47(46)32-48)44-23-20-39-10-3-4-11-42(39)30-44)37-55(38)50-14-9-13-43(33-50)40-18-21-41(22-19-40)56-35-51-12-5-6-15-52(51)53-16-7-8-17-54(53)56/h3-37H,2H2,1H3. The van der Waals surface area contributed by atoms with Gasteiger partial charge in [-0.25, -0.2) is 0 Å². The first-order valence-electron chi connectivity index (χ1n) is 21.3. The van der Waals surface area contributed by atoms with Gasteiger partial charge in [0.25, 0.3) is 0 Å². The van der Waals surface area contributed by atoms with Gasteiger partial charge in [-0.2, -0.15) is 0 Å². The molecule has 11 aromatic carbocycles. The maximum Gasteiger partial charge on any atom is 0.135 e. The van der Waals surface area contributed by atoms with Crippen LogP contribution in [0.25, 0.3) is 121 Å². The van der Waals surface area contributed by atoms with Gasteiger partial charge < -0.3 is 4.42 Å². The van der Waals surface area contributed by atoms with Gasteiger partial charge in [-0.3, -0.25) is 0 Å². The Morgan fingerprint density at radius 3 is 1.54 bits per heavy atom. The van der Waals surface area contributed by atoms with Crippen molar-refractivity contribution in [3.63, 3.8) is 0 Å². The number of rotatable bonds is 6. The fourth-order valence-electron chi connectivity index (χ4n) is 9.58. The molecule has 0 N–H and O–H groups in total. The number of benzene rings is 11. The highest BCUT2D eigenvalue weighted by Crippen LogP contribution is 2.40. The fraction of sp³-hybridized carbons (Fsp3) is 0.0333. The van der Waals surface area contributed by atoms with Crippen LogP contribution in [0.5, 0.6) is 0 Å².